The number of likely N-dealkylation sites (N-methyl/N-ethyl adjacent to an activating group) is 1. The number of H-pyrrole nitrogens is 1. The predicted molar refractivity (Wildman–Crippen MR) is 247 cm³/mol. The predicted octanol–water partition coefficient (Wildman–Crippen LogP) is 5.56. The molecule has 1 aliphatic carbocycles. The van der Waals surface area contributed by atoms with Gasteiger partial charge >= 0.3 is 17.9 Å². The van der Waals surface area contributed by atoms with Gasteiger partial charge in [0, 0.05) is 95.8 Å². The number of hydrogen-bond donors (Lipinski definition) is 3. The number of aromatic amines is 1. The first-order valence-electron chi connectivity index (χ1n) is 21.7. The molecule has 0 radical (unpaired) electrons. The molecule has 3 fully saturated rings. The molecular formula is C47H62Cl2N4O9S. The summed E-state index contributed by atoms with van der Waals surface area (Å²) in [5.41, 5.74) is -1.65. The van der Waals surface area contributed by atoms with E-state index < -0.39 is 57.5 Å². The second-order valence-corrected chi connectivity index (χ2v) is 19.4. The van der Waals surface area contributed by atoms with Crippen LogP contribution in [-0.4, -0.2) is 140 Å². The molecule has 0 amide bonds. The van der Waals surface area contributed by atoms with Crippen LogP contribution in [0.15, 0.2) is 47.4 Å². The highest BCUT2D eigenvalue weighted by Gasteiger charge is 2.80. The summed E-state index contributed by atoms with van der Waals surface area (Å²) >= 11 is 1.67. The van der Waals surface area contributed by atoms with Gasteiger partial charge in [0.25, 0.3) is 0 Å². The lowest BCUT2D eigenvalue weighted by molar-refractivity contribution is -0.228. The van der Waals surface area contributed by atoms with Crippen LogP contribution in [0.5, 0.6) is 5.75 Å². The van der Waals surface area contributed by atoms with E-state index >= 15 is 4.79 Å². The normalized spacial score (nSPS) is 35.0. The first-order valence-corrected chi connectivity index (χ1v) is 23.0. The van der Waals surface area contributed by atoms with Crippen molar-refractivity contribution in [3.8, 4) is 5.75 Å². The molecule has 2 bridgehead atoms. The summed E-state index contributed by atoms with van der Waals surface area (Å²) in [6.07, 6.45) is 7.98. The average Bonchev–Trinajstić information content (AvgIpc) is 3.92. The number of esters is 3. The van der Waals surface area contributed by atoms with E-state index in [-0.39, 0.29) is 36.8 Å². The molecule has 63 heavy (non-hydrogen) atoms. The number of carbonyl (C=O) groups excluding carboxylic acids is 3. The van der Waals surface area contributed by atoms with E-state index in [1.165, 1.54) is 21.1 Å². The molecule has 1 unspecified atom stereocenters. The van der Waals surface area contributed by atoms with Crippen molar-refractivity contribution >= 4 is 71.1 Å². The molecule has 2 saturated heterocycles. The molecule has 13 nitrogen and oxygen atoms in total. The lowest BCUT2D eigenvalue weighted by Gasteiger charge is -2.63. The summed E-state index contributed by atoms with van der Waals surface area (Å²) < 4.78 is 24.0. The van der Waals surface area contributed by atoms with Crippen LogP contribution in [0.25, 0.3) is 10.9 Å². The summed E-state index contributed by atoms with van der Waals surface area (Å²) in [7, 11) is 6.17. The highest BCUT2D eigenvalue weighted by molar-refractivity contribution is 7.98. The number of carbonyl (C=O) groups is 3. The van der Waals surface area contributed by atoms with Gasteiger partial charge in [0.2, 0.25) is 5.60 Å². The topological polar surface area (TPSA) is 154 Å². The minimum absolute atomic E-state index is 0. The van der Waals surface area contributed by atoms with E-state index in [9.17, 15) is 19.8 Å². The van der Waals surface area contributed by atoms with Gasteiger partial charge < -0.3 is 39.0 Å². The van der Waals surface area contributed by atoms with Crippen LogP contribution in [0, 0.1) is 11.3 Å². The fourth-order valence-corrected chi connectivity index (χ4v) is 14.1. The summed E-state index contributed by atoms with van der Waals surface area (Å²) in [5, 5.41) is 26.5. The molecule has 1 spiro atoms. The lowest BCUT2D eigenvalue weighted by atomic mass is 9.47. The van der Waals surface area contributed by atoms with Gasteiger partial charge in [0.15, 0.2) is 6.10 Å². The molecule has 1 aromatic heterocycles. The zero-order valence-corrected chi connectivity index (χ0v) is 39.9. The number of anilines is 1. The number of nitrogens with one attached hydrogen (secondary N) is 1. The molecule has 2 aromatic carbocycles. The number of piperidine rings is 1. The third-order valence-electron chi connectivity index (χ3n) is 15.9. The second kappa shape index (κ2) is 16.7. The molecule has 9 rings (SSSR count). The van der Waals surface area contributed by atoms with Gasteiger partial charge in [0.05, 0.1) is 33.0 Å². The maximum atomic E-state index is 15.4. The van der Waals surface area contributed by atoms with Gasteiger partial charge in [-0.15, -0.1) is 36.6 Å². The van der Waals surface area contributed by atoms with Gasteiger partial charge in [-0.2, -0.15) is 0 Å². The number of thioether (sulfide) groups is 1. The van der Waals surface area contributed by atoms with E-state index in [0.717, 1.165) is 38.3 Å². The monoisotopic (exact) mass is 928 g/mol. The van der Waals surface area contributed by atoms with Gasteiger partial charge in [0.1, 0.15) is 11.2 Å². The van der Waals surface area contributed by atoms with Gasteiger partial charge in [-0.05, 0) is 92.6 Å². The Morgan fingerprint density at radius 1 is 0.952 bits per heavy atom. The minimum Gasteiger partial charge on any atom is -0.496 e. The molecule has 5 aliphatic heterocycles. The van der Waals surface area contributed by atoms with Crippen LogP contribution >= 0.6 is 36.6 Å². The molecule has 344 valence electrons. The van der Waals surface area contributed by atoms with E-state index in [0.29, 0.717) is 82.6 Å². The maximum absolute atomic E-state index is 15.4. The van der Waals surface area contributed by atoms with Crippen molar-refractivity contribution < 1.29 is 43.5 Å². The quantitative estimate of drug-likeness (QED) is 0.112. The van der Waals surface area contributed by atoms with Crippen molar-refractivity contribution in [1.82, 2.24) is 14.8 Å². The second-order valence-electron chi connectivity index (χ2n) is 18.6. The number of fused-ring (bicyclic) bond motifs is 6. The standard InChI is InChI=1S/C47H60N4O9S.2ClH/c1-9-43(55)23-28-24-46(41(53)58-6,37-30(14-18-50(25-28)26-43)31-20-29(61-8)12-13-34(31)48-37)33-21-32-35(22-36(33)57-5)49(4)39-45(32)16-19-51-17-11-15-44(10-2,38(45)51)40(60-27(3)52)47(39,56)42(54)59-7;;/h11-13,15,20-22,28,38-40,48,55-56H,9-10,14,16-19,23-26H2,1-8H3;2*1H/t28-,38+,39-,40-,43+,44-,45-,46+,47+;;/m1../s1. The number of nitrogens with zero attached hydrogens (tertiary/aromatic N) is 3. The van der Waals surface area contributed by atoms with Crippen LogP contribution in [-0.2, 0) is 45.8 Å². The Balaban J connectivity index is 0.00000298. The zero-order valence-electron chi connectivity index (χ0n) is 37.4. The third-order valence-corrected chi connectivity index (χ3v) is 16.6. The smallest absolute Gasteiger partial charge is 0.344 e. The number of halogens is 2. The molecule has 1 saturated carbocycles. The SMILES string of the molecule is CC[C@]1(O)C[C@H]2CN(CCc3c([nH]c4ccc(SC)cc34)[C@@](C(=O)OC)(c3cc4c(cc3OC)N(C)[C@H]3[C@@](O)(C(=O)OC)[C@H](OC(C)=O)[C@]5(CC)C=CCN6CC[C@]43[C@@H]65)C2)C1.Cl.Cl. The lowest BCUT2D eigenvalue weighted by Crippen LogP contribution is -2.81. The van der Waals surface area contributed by atoms with E-state index in [2.05, 4.69) is 57.5 Å². The first-order chi connectivity index (χ1) is 29.2. The number of methoxy groups -OCH3 is 3. The van der Waals surface area contributed by atoms with Crippen LogP contribution in [0.3, 0.4) is 0 Å². The van der Waals surface area contributed by atoms with E-state index in [1.54, 1.807) is 18.9 Å². The molecule has 6 aliphatic rings. The Labute approximate surface area is 386 Å². The van der Waals surface area contributed by atoms with Crippen molar-refractivity contribution in [2.75, 3.05) is 72.3 Å². The number of benzene rings is 2. The fourth-order valence-electron chi connectivity index (χ4n) is 13.7. The van der Waals surface area contributed by atoms with Crippen molar-refractivity contribution in [2.45, 2.75) is 104 Å². The molecule has 16 heteroatoms. The van der Waals surface area contributed by atoms with Crippen molar-refractivity contribution in [3.63, 3.8) is 0 Å². The van der Waals surface area contributed by atoms with E-state index in [1.807, 2.05) is 31.9 Å². The highest BCUT2D eigenvalue weighted by atomic mass is 35.5. The zero-order chi connectivity index (χ0) is 43.4. The summed E-state index contributed by atoms with van der Waals surface area (Å²) in [6, 6.07) is 9.19. The van der Waals surface area contributed by atoms with Crippen LogP contribution < -0.4 is 9.64 Å². The average molecular weight is 930 g/mol. The first kappa shape index (κ1) is 47.5. The third kappa shape index (κ3) is 6.42. The van der Waals surface area contributed by atoms with Crippen molar-refractivity contribution in [3.05, 3.63) is 64.9 Å². The Kier molecular flexibility index (Phi) is 12.6. The Hall–Kier alpha value is -3.50. The van der Waals surface area contributed by atoms with Crippen LogP contribution in [0.2, 0.25) is 0 Å². The number of hydrogen-bond acceptors (Lipinski definition) is 13. The van der Waals surface area contributed by atoms with E-state index in [4.69, 9.17) is 18.9 Å². The fraction of sp³-hybridized carbons (Fsp3) is 0.596. The number of aliphatic hydroxyl groups is 2. The molecule has 3 aromatic rings. The highest BCUT2D eigenvalue weighted by Crippen LogP contribution is 2.68. The van der Waals surface area contributed by atoms with Crippen LogP contribution in [0.4, 0.5) is 5.69 Å². The van der Waals surface area contributed by atoms with Gasteiger partial charge in [-0.25, -0.2) is 4.79 Å². The Bertz CT molecular complexity index is 2350. The Morgan fingerprint density at radius 2 is 1.70 bits per heavy atom. The molecular weight excluding hydrogens is 868 g/mol. The largest absolute Gasteiger partial charge is 0.496 e. The number of rotatable bonds is 8. The minimum atomic E-state index is -2.31. The van der Waals surface area contributed by atoms with Crippen molar-refractivity contribution in [1.29, 1.82) is 0 Å². The molecule has 6 heterocycles. The molecule has 10 atom stereocenters. The van der Waals surface area contributed by atoms with Crippen molar-refractivity contribution in [2.24, 2.45) is 11.3 Å². The summed E-state index contributed by atoms with van der Waals surface area (Å²) in [6.45, 7) is 8.62. The maximum Gasteiger partial charge on any atom is 0.344 e. The molecule has 3 N–H and O–H groups in total. The summed E-state index contributed by atoms with van der Waals surface area (Å²) in [5.74, 6) is -1.57. The number of ether oxygens (including phenoxy) is 4. The van der Waals surface area contributed by atoms with Gasteiger partial charge in [-0.1, -0.05) is 26.0 Å². The van der Waals surface area contributed by atoms with Gasteiger partial charge in [-0.3, -0.25) is 19.4 Å². The summed E-state index contributed by atoms with van der Waals surface area (Å²) in [4.78, 5) is 54.5. The number of aromatic nitrogens is 1. The Morgan fingerprint density at radius 3 is 2.35 bits per heavy atom. The van der Waals surface area contributed by atoms with Crippen LogP contribution in [0.1, 0.15) is 75.3 Å².